The maximum absolute atomic E-state index is 4.76. The summed E-state index contributed by atoms with van der Waals surface area (Å²) >= 11 is 1.86. The first-order valence-corrected chi connectivity index (χ1v) is 7.40. The highest BCUT2D eigenvalue weighted by molar-refractivity contribution is 7.15. The van der Waals surface area contributed by atoms with Crippen LogP contribution in [0.15, 0.2) is 0 Å². The maximum atomic E-state index is 4.76. The Morgan fingerprint density at radius 2 is 2.24 bits per heavy atom. The lowest BCUT2D eigenvalue weighted by molar-refractivity contribution is 0.658. The highest BCUT2D eigenvalue weighted by atomic mass is 32.1. The maximum Gasteiger partial charge on any atom is 0.186 e. The van der Waals surface area contributed by atoms with Crippen LogP contribution < -0.4 is 10.2 Å². The van der Waals surface area contributed by atoms with E-state index in [1.165, 1.54) is 35.0 Å². The van der Waals surface area contributed by atoms with Crippen molar-refractivity contribution in [1.29, 1.82) is 0 Å². The van der Waals surface area contributed by atoms with E-state index in [0.29, 0.717) is 6.04 Å². The lowest BCUT2D eigenvalue weighted by atomic mass is 10.2. The van der Waals surface area contributed by atoms with Crippen LogP contribution in [0.1, 0.15) is 49.7 Å². The Labute approximate surface area is 108 Å². The van der Waals surface area contributed by atoms with E-state index in [-0.39, 0.29) is 0 Å². The van der Waals surface area contributed by atoms with Crippen molar-refractivity contribution in [2.45, 2.75) is 52.1 Å². The molecule has 96 valence electrons. The van der Waals surface area contributed by atoms with Crippen LogP contribution in [0, 0.1) is 6.92 Å². The van der Waals surface area contributed by atoms with Crippen LogP contribution >= 0.6 is 11.3 Å². The molecular formula is C13H23N3S. The van der Waals surface area contributed by atoms with Crippen molar-refractivity contribution >= 4 is 16.5 Å². The molecule has 1 N–H and O–H groups in total. The third-order valence-corrected chi connectivity index (χ3v) is 4.72. The van der Waals surface area contributed by atoms with E-state index in [9.17, 15) is 0 Å². The van der Waals surface area contributed by atoms with E-state index in [4.69, 9.17) is 4.98 Å². The van der Waals surface area contributed by atoms with E-state index in [1.54, 1.807) is 0 Å². The third kappa shape index (κ3) is 2.80. The third-order valence-electron chi connectivity index (χ3n) is 3.35. The van der Waals surface area contributed by atoms with Gasteiger partial charge in [-0.3, -0.25) is 0 Å². The molecule has 1 heterocycles. The number of rotatable bonds is 6. The summed E-state index contributed by atoms with van der Waals surface area (Å²) in [6.45, 7) is 7.71. The fourth-order valence-corrected chi connectivity index (χ4v) is 3.34. The average molecular weight is 253 g/mol. The standard InChI is InChI=1S/C13H23N3S/c1-5-8-16(11-6-7-11)13-15-10(3)12(17-13)9(2)14-4/h9,11,14H,5-8H2,1-4H3. The number of anilines is 1. The average Bonchev–Trinajstić information content (AvgIpc) is 3.08. The van der Waals surface area contributed by atoms with Gasteiger partial charge in [-0.15, -0.1) is 11.3 Å². The van der Waals surface area contributed by atoms with Gasteiger partial charge in [-0.2, -0.15) is 0 Å². The number of aryl methyl sites for hydroxylation is 1. The van der Waals surface area contributed by atoms with Gasteiger partial charge < -0.3 is 10.2 Å². The van der Waals surface area contributed by atoms with E-state index in [0.717, 1.165) is 12.6 Å². The van der Waals surface area contributed by atoms with Gasteiger partial charge in [-0.1, -0.05) is 6.92 Å². The zero-order valence-corrected chi connectivity index (χ0v) is 12.1. The highest BCUT2D eigenvalue weighted by Gasteiger charge is 2.31. The Morgan fingerprint density at radius 3 is 2.76 bits per heavy atom. The van der Waals surface area contributed by atoms with Crippen molar-refractivity contribution in [3.63, 3.8) is 0 Å². The minimum absolute atomic E-state index is 0.406. The molecule has 0 aliphatic heterocycles. The molecule has 3 nitrogen and oxygen atoms in total. The van der Waals surface area contributed by atoms with Crippen LogP contribution in [0.3, 0.4) is 0 Å². The molecule has 0 aromatic carbocycles. The van der Waals surface area contributed by atoms with Crippen molar-refractivity contribution in [2.24, 2.45) is 0 Å². The number of hydrogen-bond acceptors (Lipinski definition) is 4. The first-order valence-electron chi connectivity index (χ1n) is 6.58. The van der Waals surface area contributed by atoms with E-state index >= 15 is 0 Å². The summed E-state index contributed by atoms with van der Waals surface area (Å²) < 4.78 is 0. The second kappa shape index (κ2) is 5.36. The molecule has 1 unspecified atom stereocenters. The number of thiazole rings is 1. The number of aromatic nitrogens is 1. The summed E-state index contributed by atoms with van der Waals surface area (Å²) in [5.41, 5.74) is 1.19. The topological polar surface area (TPSA) is 28.2 Å². The molecule has 1 aromatic rings. The molecular weight excluding hydrogens is 230 g/mol. The van der Waals surface area contributed by atoms with Gasteiger partial charge in [-0.05, 0) is 40.2 Å². The quantitative estimate of drug-likeness (QED) is 0.844. The molecule has 1 aromatic heterocycles. The monoisotopic (exact) mass is 253 g/mol. The summed E-state index contributed by atoms with van der Waals surface area (Å²) in [4.78, 5) is 8.65. The van der Waals surface area contributed by atoms with Crippen LogP contribution in [0.2, 0.25) is 0 Å². The summed E-state index contributed by atoms with van der Waals surface area (Å²) in [7, 11) is 2.01. The van der Waals surface area contributed by atoms with E-state index < -0.39 is 0 Å². The van der Waals surface area contributed by atoms with Gasteiger partial charge in [0.25, 0.3) is 0 Å². The van der Waals surface area contributed by atoms with Crippen molar-refractivity contribution in [2.75, 3.05) is 18.5 Å². The fourth-order valence-electron chi connectivity index (χ4n) is 2.11. The zero-order chi connectivity index (χ0) is 12.4. The SMILES string of the molecule is CCCN(c1nc(C)c(C(C)NC)s1)C1CC1. The number of nitrogens with zero attached hydrogens (tertiary/aromatic N) is 2. The summed E-state index contributed by atoms with van der Waals surface area (Å²) in [5.74, 6) is 0. The van der Waals surface area contributed by atoms with Gasteiger partial charge in [0.05, 0.1) is 5.69 Å². The molecule has 0 amide bonds. The van der Waals surface area contributed by atoms with Crippen LogP contribution in [0.5, 0.6) is 0 Å². The summed E-state index contributed by atoms with van der Waals surface area (Å²) in [6.07, 6.45) is 3.89. The van der Waals surface area contributed by atoms with Gasteiger partial charge >= 0.3 is 0 Å². The molecule has 1 aliphatic rings. The Hall–Kier alpha value is -0.610. The number of nitrogens with one attached hydrogen (secondary N) is 1. The van der Waals surface area contributed by atoms with Crippen molar-refractivity contribution in [1.82, 2.24) is 10.3 Å². The van der Waals surface area contributed by atoms with Crippen molar-refractivity contribution < 1.29 is 0 Å². The van der Waals surface area contributed by atoms with Crippen molar-refractivity contribution in [3.05, 3.63) is 10.6 Å². The Kier molecular flexibility index (Phi) is 4.05. The van der Waals surface area contributed by atoms with Crippen molar-refractivity contribution in [3.8, 4) is 0 Å². The minimum Gasteiger partial charge on any atom is -0.345 e. The van der Waals surface area contributed by atoms with Crippen LogP contribution in [0.4, 0.5) is 5.13 Å². The molecule has 0 radical (unpaired) electrons. The van der Waals surface area contributed by atoms with Gasteiger partial charge in [0.15, 0.2) is 5.13 Å². The second-order valence-electron chi connectivity index (χ2n) is 4.88. The molecule has 4 heteroatoms. The minimum atomic E-state index is 0.406. The number of hydrogen-bond donors (Lipinski definition) is 1. The molecule has 0 saturated heterocycles. The molecule has 1 aliphatic carbocycles. The summed E-state index contributed by atoms with van der Waals surface area (Å²) in [5, 5.41) is 4.53. The predicted octanol–water partition coefficient (Wildman–Crippen LogP) is 3.11. The largest absolute Gasteiger partial charge is 0.345 e. The molecule has 1 fully saturated rings. The Balaban J connectivity index is 2.19. The van der Waals surface area contributed by atoms with Crippen LogP contribution in [0.25, 0.3) is 0 Å². The first kappa shape index (κ1) is 12.8. The lowest BCUT2D eigenvalue weighted by Crippen LogP contribution is -2.26. The highest BCUT2D eigenvalue weighted by Crippen LogP contribution is 2.37. The van der Waals surface area contributed by atoms with Gasteiger partial charge in [0.1, 0.15) is 0 Å². The molecule has 1 saturated carbocycles. The zero-order valence-electron chi connectivity index (χ0n) is 11.3. The molecule has 1 atom stereocenters. The predicted molar refractivity (Wildman–Crippen MR) is 75.0 cm³/mol. The summed E-state index contributed by atoms with van der Waals surface area (Å²) in [6, 6.07) is 1.17. The molecule has 0 spiro atoms. The van der Waals surface area contributed by atoms with Gasteiger partial charge in [0.2, 0.25) is 0 Å². The second-order valence-corrected chi connectivity index (χ2v) is 5.89. The molecule has 2 rings (SSSR count). The Morgan fingerprint density at radius 1 is 1.53 bits per heavy atom. The Bertz CT molecular complexity index is 371. The van der Waals surface area contributed by atoms with E-state index in [2.05, 4.69) is 31.0 Å². The normalized spacial score (nSPS) is 17.2. The smallest absolute Gasteiger partial charge is 0.186 e. The van der Waals surface area contributed by atoms with Gasteiger partial charge in [-0.25, -0.2) is 4.98 Å². The van der Waals surface area contributed by atoms with Crippen LogP contribution in [-0.4, -0.2) is 24.6 Å². The molecule has 17 heavy (non-hydrogen) atoms. The fraction of sp³-hybridized carbons (Fsp3) is 0.769. The van der Waals surface area contributed by atoms with Gasteiger partial charge in [0, 0.05) is 23.5 Å². The van der Waals surface area contributed by atoms with E-state index in [1.807, 2.05) is 18.4 Å². The van der Waals surface area contributed by atoms with Crippen LogP contribution in [-0.2, 0) is 0 Å². The molecule has 0 bridgehead atoms. The lowest BCUT2D eigenvalue weighted by Gasteiger charge is -2.20. The first-order chi connectivity index (χ1) is 8.17.